The van der Waals surface area contributed by atoms with E-state index in [1.54, 1.807) is 0 Å². The van der Waals surface area contributed by atoms with Gasteiger partial charge in [-0.05, 0) is 47.0 Å². The minimum atomic E-state index is -0.0203. The van der Waals surface area contributed by atoms with E-state index in [0.717, 1.165) is 38.1 Å². The number of halogens is 1. The monoisotopic (exact) mass is 366 g/mol. The van der Waals surface area contributed by atoms with E-state index in [1.807, 2.05) is 54.6 Å². The quantitative estimate of drug-likeness (QED) is 0.351. The Hall–Kier alpha value is -1.11. The van der Waals surface area contributed by atoms with Crippen LogP contribution in [0.1, 0.15) is 11.1 Å². The van der Waals surface area contributed by atoms with E-state index in [9.17, 15) is 5.11 Å². The van der Waals surface area contributed by atoms with Crippen molar-refractivity contribution in [3.05, 3.63) is 64.1 Å². The molecule has 0 aliphatic heterocycles. The van der Waals surface area contributed by atoms with Crippen molar-refractivity contribution >= 4 is 39.6 Å². The predicted molar refractivity (Wildman–Crippen MR) is 89.5 cm³/mol. The standard InChI is InChI=1S/C16H15BrO3S/c1-19-20-21-16-7-5-13(6-8-16)14(11-18)9-12-3-2-4-15(17)10-12/h2-10,18H,11H2,1H3. The number of benzene rings is 2. The third-order valence-electron chi connectivity index (χ3n) is 2.78. The van der Waals surface area contributed by atoms with Gasteiger partial charge in [-0.1, -0.05) is 40.2 Å². The van der Waals surface area contributed by atoms with Crippen LogP contribution in [0, 0.1) is 0 Å². The van der Waals surface area contributed by atoms with Crippen LogP contribution in [-0.2, 0) is 9.22 Å². The van der Waals surface area contributed by atoms with Crippen LogP contribution < -0.4 is 0 Å². The molecule has 2 aromatic carbocycles. The van der Waals surface area contributed by atoms with Crippen molar-refractivity contribution in [3.8, 4) is 0 Å². The summed E-state index contributed by atoms with van der Waals surface area (Å²) in [6.07, 6.45) is 1.97. The van der Waals surface area contributed by atoms with Gasteiger partial charge in [0.05, 0.1) is 25.8 Å². The highest BCUT2D eigenvalue weighted by Gasteiger charge is 2.03. The third-order valence-corrected chi connectivity index (χ3v) is 3.95. The highest BCUT2D eigenvalue weighted by molar-refractivity contribution is 9.10. The molecule has 2 aromatic rings. The predicted octanol–water partition coefficient (Wildman–Crippen LogP) is 4.57. The Morgan fingerprint density at radius 1 is 1.24 bits per heavy atom. The Labute approximate surface area is 136 Å². The smallest absolute Gasteiger partial charge is 0.0725 e. The third kappa shape index (κ3) is 4.98. The Balaban J connectivity index is 2.20. The van der Waals surface area contributed by atoms with Crippen LogP contribution in [0.3, 0.4) is 0 Å². The van der Waals surface area contributed by atoms with Crippen LogP contribution in [0.2, 0.25) is 0 Å². The molecule has 3 nitrogen and oxygen atoms in total. The van der Waals surface area contributed by atoms with Gasteiger partial charge >= 0.3 is 0 Å². The number of rotatable bonds is 6. The maximum Gasteiger partial charge on any atom is 0.0725 e. The zero-order valence-corrected chi connectivity index (χ0v) is 13.9. The van der Waals surface area contributed by atoms with Gasteiger partial charge in [-0.2, -0.15) is 4.33 Å². The van der Waals surface area contributed by atoms with E-state index in [0.29, 0.717) is 0 Å². The average Bonchev–Trinajstić information content (AvgIpc) is 2.51. The summed E-state index contributed by atoms with van der Waals surface area (Å²) in [7, 11) is 1.46. The maximum absolute atomic E-state index is 9.59. The van der Waals surface area contributed by atoms with E-state index in [4.69, 9.17) is 4.33 Å². The van der Waals surface area contributed by atoms with Crippen LogP contribution >= 0.6 is 28.0 Å². The minimum absolute atomic E-state index is 0.0203. The van der Waals surface area contributed by atoms with Crippen molar-refractivity contribution in [1.82, 2.24) is 0 Å². The van der Waals surface area contributed by atoms with Crippen LogP contribution in [-0.4, -0.2) is 18.8 Å². The Bertz CT molecular complexity index is 611. The highest BCUT2D eigenvalue weighted by Crippen LogP contribution is 2.24. The van der Waals surface area contributed by atoms with Gasteiger partial charge in [0.1, 0.15) is 0 Å². The van der Waals surface area contributed by atoms with Gasteiger partial charge in [0, 0.05) is 9.37 Å². The minimum Gasteiger partial charge on any atom is -0.392 e. The molecule has 0 spiro atoms. The zero-order chi connectivity index (χ0) is 15.1. The van der Waals surface area contributed by atoms with Crippen molar-refractivity contribution in [3.63, 3.8) is 0 Å². The lowest BCUT2D eigenvalue weighted by Crippen LogP contribution is -1.91. The molecule has 0 unspecified atom stereocenters. The molecule has 0 bridgehead atoms. The van der Waals surface area contributed by atoms with E-state index in [2.05, 4.69) is 20.8 Å². The Morgan fingerprint density at radius 2 is 2.00 bits per heavy atom. The van der Waals surface area contributed by atoms with Gasteiger partial charge in [0.25, 0.3) is 0 Å². The molecule has 0 aliphatic rings. The molecule has 110 valence electrons. The summed E-state index contributed by atoms with van der Waals surface area (Å²) < 4.78 is 5.81. The van der Waals surface area contributed by atoms with Gasteiger partial charge in [0.2, 0.25) is 0 Å². The number of aliphatic hydroxyl groups excluding tert-OH is 1. The number of hydrogen-bond donors (Lipinski definition) is 1. The van der Waals surface area contributed by atoms with Gasteiger partial charge in [-0.25, -0.2) is 4.89 Å². The normalized spacial score (nSPS) is 11.7. The lowest BCUT2D eigenvalue weighted by Gasteiger charge is -2.06. The summed E-state index contributed by atoms with van der Waals surface area (Å²) in [6.45, 7) is -0.0203. The van der Waals surface area contributed by atoms with Gasteiger partial charge < -0.3 is 5.11 Å². The first-order valence-electron chi connectivity index (χ1n) is 6.27. The van der Waals surface area contributed by atoms with Gasteiger partial charge in [0.15, 0.2) is 0 Å². The summed E-state index contributed by atoms with van der Waals surface area (Å²) in [6, 6.07) is 15.7. The fourth-order valence-electron chi connectivity index (χ4n) is 1.82. The Kier molecular flexibility index (Phi) is 6.48. The number of aliphatic hydroxyl groups is 1. The molecule has 5 heteroatoms. The second-order valence-corrected chi connectivity index (χ2v) is 5.91. The SMILES string of the molecule is COOSc1ccc(C(=Cc2cccc(Br)c2)CO)cc1. The average molecular weight is 367 g/mol. The van der Waals surface area contributed by atoms with Crippen molar-refractivity contribution in [1.29, 1.82) is 0 Å². The topological polar surface area (TPSA) is 38.7 Å². The second kappa shape index (κ2) is 8.36. The van der Waals surface area contributed by atoms with Crippen molar-refractivity contribution in [2.75, 3.05) is 13.7 Å². The van der Waals surface area contributed by atoms with E-state index in [1.165, 1.54) is 7.11 Å². The molecule has 1 N–H and O–H groups in total. The summed E-state index contributed by atoms with van der Waals surface area (Å²) in [5.41, 5.74) is 2.87. The molecule has 0 fully saturated rings. The zero-order valence-electron chi connectivity index (χ0n) is 11.5. The highest BCUT2D eigenvalue weighted by atomic mass is 79.9. The van der Waals surface area contributed by atoms with Crippen molar-refractivity contribution in [2.24, 2.45) is 0 Å². The molecule has 21 heavy (non-hydrogen) atoms. The van der Waals surface area contributed by atoms with E-state index >= 15 is 0 Å². The second-order valence-electron chi connectivity index (χ2n) is 4.23. The Morgan fingerprint density at radius 3 is 2.62 bits per heavy atom. The van der Waals surface area contributed by atoms with Gasteiger partial charge in [-0.15, -0.1) is 0 Å². The fourth-order valence-corrected chi connectivity index (χ4v) is 2.63. The molecule has 2 rings (SSSR count). The van der Waals surface area contributed by atoms with Crippen LogP contribution in [0.4, 0.5) is 0 Å². The molecule has 0 heterocycles. The fraction of sp³-hybridized carbons (Fsp3) is 0.125. The molecular formula is C16H15BrO3S. The van der Waals surface area contributed by atoms with Crippen LogP contribution in [0.25, 0.3) is 11.6 Å². The van der Waals surface area contributed by atoms with E-state index in [-0.39, 0.29) is 6.61 Å². The van der Waals surface area contributed by atoms with Crippen LogP contribution in [0.5, 0.6) is 0 Å². The van der Waals surface area contributed by atoms with Crippen molar-refractivity contribution < 1.29 is 14.3 Å². The summed E-state index contributed by atoms with van der Waals surface area (Å²) >= 11 is 4.59. The summed E-state index contributed by atoms with van der Waals surface area (Å²) in [5.74, 6) is 0. The lowest BCUT2D eigenvalue weighted by atomic mass is 10.0. The molecule has 0 radical (unpaired) electrons. The molecule has 0 aliphatic carbocycles. The first kappa shape index (κ1) is 16.3. The number of hydrogen-bond acceptors (Lipinski definition) is 4. The summed E-state index contributed by atoms with van der Waals surface area (Å²) in [4.78, 5) is 5.47. The van der Waals surface area contributed by atoms with E-state index < -0.39 is 0 Å². The molecular weight excluding hydrogens is 352 g/mol. The largest absolute Gasteiger partial charge is 0.392 e. The molecule has 0 atom stereocenters. The summed E-state index contributed by atoms with van der Waals surface area (Å²) in [5, 5.41) is 9.59. The molecule has 0 saturated carbocycles. The molecule has 0 amide bonds. The van der Waals surface area contributed by atoms with Crippen molar-refractivity contribution in [2.45, 2.75) is 4.90 Å². The lowest BCUT2D eigenvalue weighted by molar-refractivity contribution is -0.160. The van der Waals surface area contributed by atoms with Gasteiger partial charge in [-0.3, -0.25) is 0 Å². The first-order chi connectivity index (χ1) is 10.2. The molecule has 0 saturated heterocycles. The maximum atomic E-state index is 9.59. The van der Waals surface area contributed by atoms with Crippen LogP contribution in [0.15, 0.2) is 57.9 Å². The first-order valence-corrected chi connectivity index (χ1v) is 7.81. The molecule has 0 aromatic heterocycles.